The molecule has 0 amide bonds. The Labute approximate surface area is 185 Å². The number of alkyl halides is 3. The van der Waals surface area contributed by atoms with Crippen molar-refractivity contribution in [3.63, 3.8) is 0 Å². The lowest BCUT2D eigenvalue weighted by atomic mass is 9.77. The van der Waals surface area contributed by atoms with E-state index in [0.29, 0.717) is 22.8 Å². The van der Waals surface area contributed by atoms with Crippen LogP contribution in [0.1, 0.15) is 55.4 Å². The van der Waals surface area contributed by atoms with Crippen LogP contribution in [0.15, 0.2) is 30.5 Å². The smallest absolute Gasteiger partial charge is 0.371 e. The summed E-state index contributed by atoms with van der Waals surface area (Å²) in [5.74, 6) is 1.09. The molecule has 1 saturated heterocycles. The molecule has 0 unspecified atom stereocenters. The van der Waals surface area contributed by atoms with Crippen LogP contribution in [0.2, 0.25) is 0 Å². The maximum absolute atomic E-state index is 12.9. The predicted molar refractivity (Wildman–Crippen MR) is 117 cm³/mol. The fraction of sp³-hybridized carbons (Fsp3) is 0.565. The Kier molecular flexibility index (Phi) is 6.71. The Morgan fingerprint density at radius 2 is 1.90 bits per heavy atom. The van der Waals surface area contributed by atoms with E-state index in [9.17, 15) is 13.2 Å². The van der Waals surface area contributed by atoms with Gasteiger partial charge >= 0.3 is 6.18 Å². The van der Waals surface area contributed by atoms with Gasteiger partial charge < -0.3 is 10.2 Å². The van der Waals surface area contributed by atoms with Crippen molar-refractivity contribution < 1.29 is 13.2 Å². The van der Waals surface area contributed by atoms with E-state index < -0.39 is 11.7 Å². The Morgan fingerprint density at radius 1 is 1.13 bits per heavy atom. The maximum Gasteiger partial charge on any atom is 0.416 e. The third-order valence-electron chi connectivity index (χ3n) is 6.55. The molecule has 3 atom stereocenters. The summed E-state index contributed by atoms with van der Waals surface area (Å²) in [6.45, 7) is 1.79. The van der Waals surface area contributed by atoms with E-state index in [1.165, 1.54) is 42.7 Å². The summed E-state index contributed by atoms with van der Waals surface area (Å²) in [4.78, 5) is 7.19. The highest BCUT2D eigenvalue weighted by Gasteiger charge is 2.32. The summed E-state index contributed by atoms with van der Waals surface area (Å²) in [6.07, 6.45) is 5.40. The number of benzene rings is 1. The summed E-state index contributed by atoms with van der Waals surface area (Å²) in [5.41, 5.74) is 0.283. The molecule has 0 bridgehead atoms. The van der Waals surface area contributed by atoms with Gasteiger partial charge in [-0.1, -0.05) is 24.2 Å². The van der Waals surface area contributed by atoms with Crippen molar-refractivity contribution in [3.05, 3.63) is 40.9 Å². The van der Waals surface area contributed by atoms with Crippen LogP contribution in [-0.4, -0.2) is 24.1 Å². The molecule has 1 N–H and O–H groups in total. The standard InChI is InChI=1S/C23H27F3N4S/c24-23(25,26)18-7-9-19(10-8-18)30-11-3-4-16(15-30)12-17-5-1-2-6-21(17)29-22-28-14-20(13-27)31-22/h7-10,14,16-17,21H,1-6,11-12,15H2,(H,28,29)/t16-,17+,21-/m1/s1. The lowest BCUT2D eigenvalue weighted by molar-refractivity contribution is -0.137. The molecule has 0 radical (unpaired) electrons. The Morgan fingerprint density at radius 3 is 2.61 bits per heavy atom. The zero-order chi connectivity index (χ0) is 21.8. The van der Waals surface area contributed by atoms with Crippen molar-refractivity contribution >= 4 is 22.2 Å². The first-order valence-corrected chi connectivity index (χ1v) is 11.8. The zero-order valence-electron chi connectivity index (χ0n) is 17.4. The summed E-state index contributed by atoms with van der Waals surface area (Å²) >= 11 is 1.40. The van der Waals surface area contributed by atoms with Gasteiger partial charge in [0, 0.05) is 24.8 Å². The number of nitriles is 1. The Bertz CT molecular complexity index is 903. The van der Waals surface area contributed by atoms with Crippen LogP contribution in [0.5, 0.6) is 0 Å². The van der Waals surface area contributed by atoms with Crippen molar-refractivity contribution in [2.45, 2.75) is 57.2 Å². The molecular formula is C23H27F3N4S. The van der Waals surface area contributed by atoms with Gasteiger partial charge in [-0.05, 0) is 68.2 Å². The number of piperidine rings is 1. The quantitative estimate of drug-likeness (QED) is 0.582. The van der Waals surface area contributed by atoms with Crippen LogP contribution in [0, 0.1) is 23.2 Å². The number of nitrogens with one attached hydrogen (secondary N) is 1. The van der Waals surface area contributed by atoms with Crippen molar-refractivity contribution in [3.8, 4) is 6.07 Å². The summed E-state index contributed by atoms with van der Waals surface area (Å²) < 4.78 is 38.6. The Balaban J connectivity index is 1.37. The van der Waals surface area contributed by atoms with Crippen LogP contribution in [0.4, 0.5) is 24.0 Å². The number of nitrogens with zero attached hydrogens (tertiary/aromatic N) is 3. The topological polar surface area (TPSA) is 52.0 Å². The Hall–Kier alpha value is -2.27. The molecule has 1 aliphatic carbocycles. The molecule has 2 aliphatic rings. The first-order chi connectivity index (χ1) is 14.9. The number of rotatable bonds is 5. The lowest BCUT2D eigenvalue weighted by Crippen LogP contribution is -2.39. The molecule has 4 rings (SSSR count). The molecule has 1 saturated carbocycles. The van der Waals surface area contributed by atoms with Gasteiger partial charge in [0.25, 0.3) is 0 Å². The summed E-state index contributed by atoms with van der Waals surface area (Å²) in [5, 5.41) is 13.4. The molecule has 2 heterocycles. The summed E-state index contributed by atoms with van der Waals surface area (Å²) in [7, 11) is 0. The first kappa shape index (κ1) is 21.9. The van der Waals surface area contributed by atoms with Crippen molar-refractivity contribution in [2.24, 2.45) is 11.8 Å². The molecule has 166 valence electrons. The lowest BCUT2D eigenvalue weighted by Gasteiger charge is -2.39. The highest BCUT2D eigenvalue weighted by molar-refractivity contribution is 7.16. The van der Waals surface area contributed by atoms with Crippen LogP contribution >= 0.6 is 11.3 Å². The van der Waals surface area contributed by atoms with E-state index in [1.54, 1.807) is 18.3 Å². The van der Waals surface area contributed by atoms with Crippen LogP contribution in [0.3, 0.4) is 0 Å². The molecule has 1 aromatic carbocycles. The molecular weight excluding hydrogens is 421 g/mol. The minimum absolute atomic E-state index is 0.368. The minimum Gasteiger partial charge on any atom is -0.371 e. The van der Waals surface area contributed by atoms with E-state index in [1.807, 2.05) is 0 Å². The molecule has 8 heteroatoms. The molecule has 1 aliphatic heterocycles. The van der Waals surface area contributed by atoms with Gasteiger partial charge in [-0.3, -0.25) is 0 Å². The number of halogens is 3. The van der Waals surface area contributed by atoms with Gasteiger partial charge in [0.05, 0.1) is 11.8 Å². The van der Waals surface area contributed by atoms with Gasteiger partial charge in [0.1, 0.15) is 10.9 Å². The number of hydrogen-bond acceptors (Lipinski definition) is 5. The molecule has 0 spiro atoms. The van der Waals surface area contributed by atoms with E-state index in [2.05, 4.69) is 21.3 Å². The number of aromatic nitrogens is 1. The molecule has 2 aromatic rings. The maximum atomic E-state index is 12.9. The SMILES string of the molecule is N#Cc1cnc(N[C@@H]2CCCC[C@H]2C[C@H]2CCCN(c3ccc(C(F)(F)F)cc3)C2)s1. The van der Waals surface area contributed by atoms with E-state index in [-0.39, 0.29) is 0 Å². The highest BCUT2D eigenvalue weighted by atomic mass is 32.1. The van der Waals surface area contributed by atoms with Crippen molar-refractivity contribution in [1.82, 2.24) is 4.98 Å². The largest absolute Gasteiger partial charge is 0.416 e. The number of thiazole rings is 1. The molecule has 4 nitrogen and oxygen atoms in total. The second-order valence-corrected chi connectivity index (χ2v) is 9.70. The fourth-order valence-corrected chi connectivity index (χ4v) is 5.69. The zero-order valence-corrected chi connectivity index (χ0v) is 18.2. The summed E-state index contributed by atoms with van der Waals surface area (Å²) in [6, 6.07) is 8.08. The fourth-order valence-electron chi connectivity index (χ4n) is 5.01. The average molecular weight is 449 g/mol. The van der Waals surface area contributed by atoms with E-state index >= 15 is 0 Å². The van der Waals surface area contributed by atoms with E-state index in [0.717, 1.165) is 49.6 Å². The van der Waals surface area contributed by atoms with Crippen LogP contribution < -0.4 is 10.2 Å². The molecule has 31 heavy (non-hydrogen) atoms. The monoisotopic (exact) mass is 448 g/mol. The normalized spacial score (nSPS) is 24.6. The van der Waals surface area contributed by atoms with Gasteiger partial charge in [0.15, 0.2) is 5.13 Å². The molecule has 2 fully saturated rings. The predicted octanol–water partition coefficient (Wildman–Crippen LogP) is 6.31. The van der Waals surface area contributed by atoms with Gasteiger partial charge in [-0.25, -0.2) is 4.98 Å². The second-order valence-electron chi connectivity index (χ2n) is 8.67. The third kappa shape index (κ3) is 5.51. The van der Waals surface area contributed by atoms with Crippen molar-refractivity contribution in [1.29, 1.82) is 5.26 Å². The van der Waals surface area contributed by atoms with E-state index in [4.69, 9.17) is 5.26 Å². The average Bonchev–Trinajstić information content (AvgIpc) is 3.22. The third-order valence-corrected chi connectivity index (χ3v) is 7.38. The minimum atomic E-state index is -4.29. The van der Waals surface area contributed by atoms with Gasteiger partial charge in [-0.2, -0.15) is 18.4 Å². The molecule has 1 aromatic heterocycles. The number of anilines is 2. The van der Waals surface area contributed by atoms with Crippen LogP contribution in [0.25, 0.3) is 0 Å². The van der Waals surface area contributed by atoms with Gasteiger partial charge in [0.2, 0.25) is 0 Å². The number of hydrogen-bond donors (Lipinski definition) is 1. The van der Waals surface area contributed by atoms with Gasteiger partial charge in [-0.15, -0.1) is 0 Å². The first-order valence-electron chi connectivity index (χ1n) is 11.0. The highest BCUT2D eigenvalue weighted by Crippen LogP contribution is 2.36. The second kappa shape index (κ2) is 9.47. The van der Waals surface area contributed by atoms with Crippen LogP contribution in [-0.2, 0) is 6.18 Å². The van der Waals surface area contributed by atoms with Crippen molar-refractivity contribution in [2.75, 3.05) is 23.3 Å².